The molecule has 2 heteroatoms. The zero-order valence-electron chi connectivity index (χ0n) is 12.5. The summed E-state index contributed by atoms with van der Waals surface area (Å²) in [5.41, 5.74) is 0. The van der Waals surface area contributed by atoms with Crippen LogP contribution in [0.2, 0.25) is 0 Å². The van der Waals surface area contributed by atoms with Gasteiger partial charge in [0.25, 0.3) is 0 Å². The number of rotatable bonds is 4. The average Bonchev–Trinajstić information content (AvgIpc) is 3.30. The number of nitrogens with zero attached hydrogens (tertiary/aromatic N) is 1. The van der Waals surface area contributed by atoms with Crippen molar-refractivity contribution in [3.05, 3.63) is 12.2 Å². The minimum atomic E-state index is 0.782. The van der Waals surface area contributed by atoms with Crippen LogP contribution in [0.3, 0.4) is 0 Å². The van der Waals surface area contributed by atoms with Crippen LogP contribution in [0, 0.1) is 11.8 Å². The lowest BCUT2D eigenvalue weighted by Gasteiger charge is -2.45. The van der Waals surface area contributed by atoms with E-state index in [2.05, 4.69) is 29.3 Å². The van der Waals surface area contributed by atoms with Crippen molar-refractivity contribution in [1.29, 1.82) is 0 Å². The molecule has 2 saturated carbocycles. The normalized spacial score (nSPS) is 35.0. The minimum Gasteiger partial charge on any atom is -0.311 e. The van der Waals surface area contributed by atoms with Crippen molar-refractivity contribution >= 4 is 0 Å². The lowest BCUT2D eigenvalue weighted by atomic mass is 9.82. The molecule has 2 unspecified atom stereocenters. The highest BCUT2D eigenvalue weighted by Gasteiger charge is 2.39. The lowest BCUT2D eigenvalue weighted by molar-refractivity contribution is 0.0773. The molecule has 0 amide bonds. The van der Waals surface area contributed by atoms with E-state index in [0.717, 1.165) is 23.9 Å². The zero-order valence-corrected chi connectivity index (χ0v) is 12.5. The van der Waals surface area contributed by atoms with Crippen LogP contribution < -0.4 is 5.32 Å². The first-order chi connectivity index (χ1) is 9.38. The Morgan fingerprint density at radius 3 is 2.53 bits per heavy atom. The zero-order chi connectivity index (χ0) is 13.1. The second-order valence-corrected chi connectivity index (χ2v) is 6.84. The van der Waals surface area contributed by atoms with Crippen molar-refractivity contribution < 1.29 is 0 Å². The molecule has 2 nitrogen and oxygen atoms in total. The molecule has 1 heterocycles. The van der Waals surface area contributed by atoms with Gasteiger partial charge >= 0.3 is 0 Å². The largest absolute Gasteiger partial charge is 0.311 e. The standard InChI is InChI=1S/C17H30N2/c1-2-3-11-19-13-16(14-9-10-14)18-12-17(19)15-7-5-4-6-8-15/h2-3,14-18H,4-13H2,1H3/b3-2+. The molecule has 1 N–H and O–H groups in total. The van der Waals surface area contributed by atoms with Crippen LogP contribution >= 0.6 is 0 Å². The number of nitrogens with one attached hydrogen (secondary N) is 1. The fraction of sp³-hybridized carbons (Fsp3) is 0.882. The molecule has 0 radical (unpaired) electrons. The molecule has 1 aliphatic heterocycles. The van der Waals surface area contributed by atoms with Crippen LogP contribution in [-0.2, 0) is 0 Å². The van der Waals surface area contributed by atoms with Crippen molar-refractivity contribution in [2.45, 2.75) is 64.0 Å². The molecular formula is C17H30N2. The fourth-order valence-electron chi connectivity index (χ4n) is 4.10. The summed E-state index contributed by atoms with van der Waals surface area (Å²) in [6, 6.07) is 1.58. The van der Waals surface area contributed by atoms with Gasteiger partial charge in [-0.1, -0.05) is 31.4 Å². The number of hydrogen-bond donors (Lipinski definition) is 1. The van der Waals surface area contributed by atoms with E-state index in [0.29, 0.717) is 0 Å². The Balaban J connectivity index is 1.62. The summed E-state index contributed by atoms with van der Waals surface area (Å²) in [5.74, 6) is 1.94. The van der Waals surface area contributed by atoms with Gasteiger partial charge in [0.05, 0.1) is 0 Å². The highest BCUT2D eigenvalue weighted by atomic mass is 15.2. The number of allylic oxidation sites excluding steroid dienone is 1. The fourth-order valence-corrected chi connectivity index (χ4v) is 4.10. The van der Waals surface area contributed by atoms with Gasteiger partial charge in [0.15, 0.2) is 0 Å². The summed E-state index contributed by atoms with van der Waals surface area (Å²) in [7, 11) is 0. The highest BCUT2D eigenvalue weighted by molar-refractivity contribution is 4.98. The number of hydrogen-bond acceptors (Lipinski definition) is 2. The van der Waals surface area contributed by atoms with Crippen molar-refractivity contribution in [2.24, 2.45) is 11.8 Å². The molecule has 108 valence electrons. The summed E-state index contributed by atoms with van der Waals surface area (Å²) in [6.45, 7) is 5.85. The molecule has 1 saturated heterocycles. The second kappa shape index (κ2) is 6.41. The second-order valence-electron chi connectivity index (χ2n) is 6.84. The highest BCUT2D eigenvalue weighted by Crippen LogP contribution is 2.36. The van der Waals surface area contributed by atoms with E-state index in [1.165, 1.54) is 64.6 Å². The maximum atomic E-state index is 3.87. The summed E-state index contributed by atoms with van der Waals surface area (Å²) in [6.07, 6.45) is 14.8. The van der Waals surface area contributed by atoms with Crippen LogP contribution in [-0.4, -0.2) is 36.6 Å². The first-order valence-corrected chi connectivity index (χ1v) is 8.47. The van der Waals surface area contributed by atoms with E-state index in [1.807, 2.05) is 0 Å². The van der Waals surface area contributed by atoms with E-state index in [9.17, 15) is 0 Å². The van der Waals surface area contributed by atoms with Gasteiger partial charge in [-0.3, -0.25) is 4.90 Å². The first kappa shape index (κ1) is 13.6. The molecule has 0 aromatic rings. The maximum Gasteiger partial charge on any atom is 0.0252 e. The Bertz CT molecular complexity index is 302. The minimum absolute atomic E-state index is 0.782. The van der Waals surface area contributed by atoms with Crippen LogP contribution in [0.4, 0.5) is 0 Å². The average molecular weight is 262 g/mol. The molecule has 0 aromatic carbocycles. The predicted octanol–water partition coefficient (Wildman–Crippen LogP) is 3.20. The smallest absolute Gasteiger partial charge is 0.0252 e. The Hall–Kier alpha value is -0.340. The monoisotopic (exact) mass is 262 g/mol. The molecule has 0 bridgehead atoms. The lowest BCUT2D eigenvalue weighted by Crippen LogP contribution is -2.59. The van der Waals surface area contributed by atoms with Gasteiger partial charge in [-0.25, -0.2) is 0 Å². The Labute approximate surface area is 118 Å². The van der Waals surface area contributed by atoms with Gasteiger partial charge in [0.1, 0.15) is 0 Å². The Morgan fingerprint density at radius 1 is 1.05 bits per heavy atom. The van der Waals surface area contributed by atoms with Crippen molar-refractivity contribution in [3.63, 3.8) is 0 Å². The van der Waals surface area contributed by atoms with Gasteiger partial charge in [-0.2, -0.15) is 0 Å². The molecule has 3 fully saturated rings. The third-order valence-electron chi connectivity index (χ3n) is 5.45. The Morgan fingerprint density at radius 2 is 1.84 bits per heavy atom. The summed E-state index contributed by atoms with van der Waals surface area (Å²) >= 11 is 0. The van der Waals surface area contributed by atoms with Crippen LogP contribution in [0.1, 0.15) is 51.9 Å². The van der Waals surface area contributed by atoms with Crippen molar-refractivity contribution in [3.8, 4) is 0 Å². The summed E-state index contributed by atoms with van der Waals surface area (Å²) < 4.78 is 0. The Kier molecular flexibility index (Phi) is 4.60. The maximum absolute atomic E-state index is 3.87. The van der Waals surface area contributed by atoms with Crippen LogP contribution in [0.15, 0.2) is 12.2 Å². The van der Waals surface area contributed by atoms with Crippen LogP contribution in [0.5, 0.6) is 0 Å². The molecule has 0 spiro atoms. The van der Waals surface area contributed by atoms with Crippen molar-refractivity contribution in [1.82, 2.24) is 10.2 Å². The SMILES string of the molecule is C/C=C/CN1CC(C2CC2)NCC1C1CCCCC1. The summed E-state index contributed by atoms with van der Waals surface area (Å²) in [4.78, 5) is 2.79. The van der Waals surface area contributed by atoms with Gasteiger partial charge < -0.3 is 5.32 Å². The summed E-state index contributed by atoms with van der Waals surface area (Å²) in [5, 5.41) is 3.87. The predicted molar refractivity (Wildman–Crippen MR) is 81.3 cm³/mol. The van der Waals surface area contributed by atoms with E-state index in [4.69, 9.17) is 0 Å². The van der Waals surface area contributed by atoms with E-state index in [1.54, 1.807) is 0 Å². The molecule has 3 rings (SSSR count). The molecule has 19 heavy (non-hydrogen) atoms. The van der Waals surface area contributed by atoms with E-state index in [-0.39, 0.29) is 0 Å². The molecule has 3 aliphatic rings. The molecular weight excluding hydrogens is 232 g/mol. The number of piperazine rings is 1. The van der Waals surface area contributed by atoms with Gasteiger partial charge in [-0.15, -0.1) is 0 Å². The molecule has 2 atom stereocenters. The van der Waals surface area contributed by atoms with Gasteiger partial charge in [0, 0.05) is 31.7 Å². The van der Waals surface area contributed by atoms with E-state index >= 15 is 0 Å². The third-order valence-corrected chi connectivity index (χ3v) is 5.45. The first-order valence-electron chi connectivity index (χ1n) is 8.47. The molecule has 2 aliphatic carbocycles. The van der Waals surface area contributed by atoms with E-state index < -0.39 is 0 Å². The third kappa shape index (κ3) is 3.41. The quantitative estimate of drug-likeness (QED) is 0.783. The molecule has 0 aromatic heterocycles. The van der Waals surface area contributed by atoms with Crippen molar-refractivity contribution in [2.75, 3.05) is 19.6 Å². The van der Waals surface area contributed by atoms with Gasteiger partial charge in [-0.05, 0) is 44.4 Å². The topological polar surface area (TPSA) is 15.3 Å². The van der Waals surface area contributed by atoms with Gasteiger partial charge in [0.2, 0.25) is 0 Å². The van der Waals surface area contributed by atoms with Crippen LogP contribution in [0.25, 0.3) is 0 Å².